The first kappa shape index (κ1) is 45.4. The van der Waals surface area contributed by atoms with Gasteiger partial charge in [-0.1, -0.05) is 36.4 Å². The molecular formula is C55H57N9O4. The van der Waals surface area contributed by atoms with Gasteiger partial charge in [0.1, 0.15) is 17.1 Å². The number of hydrogen-bond donors (Lipinski definition) is 4. The van der Waals surface area contributed by atoms with Crippen molar-refractivity contribution < 1.29 is 14.5 Å². The highest BCUT2D eigenvalue weighted by Crippen LogP contribution is 2.37. The van der Waals surface area contributed by atoms with Crippen LogP contribution in [-0.2, 0) is 4.74 Å². The molecule has 0 atom stereocenters. The van der Waals surface area contributed by atoms with Crippen molar-refractivity contribution in [3.8, 4) is 44.8 Å². The molecule has 0 bridgehead atoms. The summed E-state index contributed by atoms with van der Waals surface area (Å²) >= 11 is 0. The molecule has 9 aromatic rings. The lowest BCUT2D eigenvalue weighted by Crippen LogP contribution is -2.41. The summed E-state index contributed by atoms with van der Waals surface area (Å²) in [6.07, 6.45) is 1.51. The number of nitro benzene ring substituents is 1. The third-order valence-corrected chi connectivity index (χ3v) is 12.8. The number of nitrogens with two attached hydrogens (primary N) is 1. The SMILES string of the molecule is Cc1cc(-c2[nH]c3cc(-c4ccc(N)c([N+](=O)[O-])c4)ccc3c2C)cc(C)n1.Cc1cc(-c2[nH]c3cc(-c4ccc5nc(C6CCN(C(=O)OC(C)(C)C)CC6)[nH]c5c4)ccc3c2C)cc(C)n1. The summed E-state index contributed by atoms with van der Waals surface area (Å²) < 4.78 is 5.55. The zero-order chi connectivity index (χ0) is 48.2. The van der Waals surface area contributed by atoms with Gasteiger partial charge in [0.05, 0.1) is 16.0 Å². The molecule has 0 saturated carbocycles. The number of aromatic amines is 3. The van der Waals surface area contributed by atoms with Gasteiger partial charge in [-0.3, -0.25) is 20.1 Å². The number of ether oxygens (including phenoxy) is 1. The van der Waals surface area contributed by atoms with Gasteiger partial charge in [-0.2, -0.15) is 0 Å². The van der Waals surface area contributed by atoms with Gasteiger partial charge in [0.15, 0.2) is 0 Å². The zero-order valence-corrected chi connectivity index (χ0v) is 40.1. The van der Waals surface area contributed by atoms with Gasteiger partial charge < -0.3 is 30.3 Å². The number of pyridine rings is 2. The topological polar surface area (TPSA) is 185 Å². The van der Waals surface area contributed by atoms with Crippen molar-refractivity contribution in [2.24, 2.45) is 0 Å². The Balaban J connectivity index is 0.000000181. The van der Waals surface area contributed by atoms with E-state index in [1.165, 1.54) is 22.6 Å². The molecule has 68 heavy (non-hydrogen) atoms. The van der Waals surface area contributed by atoms with Crippen LogP contribution in [0.25, 0.3) is 77.6 Å². The molecule has 5 aromatic heterocycles. The van der Waals surface area contributed by atoms with Gasteiger partial charge >= 0.3 is 6.09 Å². The average Bonchev–Trinajstić information content (AvgIpc) is 3.97. The van der Waals surface area contributed by atoms with Crippen molar-refractivity contribution in [2.45, 2.75) is 86.7 Å². The molecule has 6 heterocycles. The Morgan fingerprint density at radius 2 is 1.09 bits per heavy atom. The second-order valence-electron chi connectivity index (χ2n) is 19.2. The number of amides is 1. The van der Waals surface area contributed by atoms with Crippen LogP contribution < -0.4 is 5.73 Å². The van der Waals surface area contributed by atoms with Gasteiger partial charge in [-0.15, -0.1) is 0 Å². The molecule has 1 saturated heterocycles. The number of aromatic nitrogens is 6. The van der Waals surface area contributed by atoms with Crippen molar-refractivity contribution in [1.82, 2.24) is 34.8 Å². The maximum absolute atomic E-state index is 12.4. The number of nitrogens with zero attached hydrogens (tertiary/aromatic N) is 5. The van der Waals surface area contributed by atoms with E-state index in [0.29, 0.717) is 19.0 Å². The largest absolute Gasteiger partial charge is 0.444 e. The van der Waals surface area contributed by atoms with Crippen LogP contribution in [0.3, 0.4) is 0 Å². The number of likely N-dealkylation sites (tertiary alicyclic amines) is 1. The molecule has 4 aromatic carbocycles. The number of H-pyrrole nitrogens is 3. The van der Waals surface area contributed by atoms with E-state index < -0.39 is 10.5 Å². The number of nitrogens with one attached hydrogen (secondary N) is 3. The Morgan fingerprint density at radius 3 is 1.57 bits per heavy atom. The van der Waals surface area contributed by atoms with E-state index in [2.05, 4.69) is 99.4 Å². The van der Waals surface area contributed by atoms with Crippen LogP contribution in [0.1, 0.15) is 79.3 Å². The molecule has 10 rings (SSSR count). The third kappa shape index (κ3) is 9.29. The minimum atomic E-state index is -0.477. The molecule has 0 aliphatic carbocycles. The van der Waals surface area contributed by atoms with E-state index >= 15 is 0 Å². The van der Waals surface area contributed by atoms with E-state index in [1.54, 1.807) is 12.1 Å². The van der Waals surface area contributed by atoms with Crippen molar-refractivity contribution in [3.05, 3.63) is 147 Å². The van der Waals surface area contributed by atoms with Crippen molar-refractivity contribution in [2.75, 3.05) is 18.8 Å². The van der Waals surface area contributed by atoms with Crippen LogP contribution in [-0.4, -0.2) is 64.5 Å². The number of aryl methyl sites for hydroxylation is 6. The fraction of sp³-hybridized carbons (Fsp3) is 0.273. The molecule has 1 aliphatic rings. The number of fused-ring (bicyclic) bond motifs is 3. The van der Waals surface area contributed by atoms with Gasteiger partial charge in [0.25, 0.3) is 5.69 Å². The van der Waals surface area contributed by atoms with Crippen LogP contribution in [0, 0.1) is 51.7 Å². The van der Waals surface area contributed by atoms with Gasteiger partial charge in [-0.05, 0) is 163 Å². The Morgan fingerprint density at radius 1 is 0.632 bits per heavy atom. The number of nitro groups is 1. The van der Waals surface area contributed by atoms with E-state index in [1.807, 2.05) is 71.6 Å². The van der Waals surface area contributed by atoms with Crippen LogP contribution in [0.5, 0.6) is 0 Å². The monoisotopic (exact) mass is 907 g/mol. The van der Waals surface area contributed by atoms with E-state index in [0.717, 1.165) is 114 Å². The zero-order valence-electron chi connectivity index (χ0n) is 40.1. The first-order valence-corrected chi connectivity index (χ1v) is 23.1. The van der Waals surface area contributed by atoms with E-state index in [9.17, 15) is 14.9 Å². The number of benzene rings is 4. The molecule has 1 fully saturated rings. The number of piperidine rings is 1. The van der Waals surface area contributed by atoms with Crippen molar-refractivity contribution >= 4 is 50.3 Å². The maximum Gasteiger partial charge on any atom is 0.410 e. The fourth-order valence-electron chi connectivity index (χ4n) is 9.52. The first-order chi connectivity index (χ1) is 32.4. The second kappa shape index (κ2) is 17.8. The van der Waals surface area contributed by atoms with Crippen LogP contribution >= 0.6 is 0 Å². The predicted octanol–water partition coefficient (Wildman–Crippen LogP) is 13.1. The minimum absolute atomic E-state index is 0.0799. The van der Waals surface area contributed by atoms with Crippen LogP contribution in [0.2, 0.25) is 0 Å². The highest BCUT2D eigenvalue weighted by atomic mass is 16.6. The summed E-state index contributed by atoms with van der Waals surface area (Å²) in [5.74, 6) is 1.30. The Labute approximate surface area is 395 Å². The first-order valence-electron chi connectivity index (χ1n) is 23.1. The van der Waals surface area contributed by atoms with Gasteiger partial charge in [-0.25, -0.2) is 9.78 Å². The van der Waals surface area contributed by atoms with Crippen LogP contribution in [0.15, 0.2) is 97.1 Å². The van der Waals surface area contributed by atoms with E-state index in [4.69, 9.17) is 15.5 Å². The quantitative estimate of drug-likeness (QED) is 0.0721. The molecule has 346 valence electrons. The predicted molar refractivity (Wildman–Crippen MR) is 273 cm³/mol. The number of nitrogen functional groups attached to an aromatic ring is 1. The molecule has 5 N–H and O–H groups in total. The lowest BCUT2D eigenvalue weighted by Gasteiger charge is -2.32. The number of hydrogen-bond acceptors (Lipinski definition) is 8. The molecule has 1 aliphatic heterocycles. The van der Waals surface area contributed by atoms with Crippen molar-refractivity contribution in [3.63, 3.8) is 0 Å². The number of anilines is 1. The van der Waals surface area contributed by atoms with Gasteiger partial charge in [0, 0.05) is 92.2 Å². The molecule has 13 heteroatoms. The summed E-state index contributed by atoms with van der Waals surface area (Å²) in [6, 6.07) is 32.4. The summed E-state index contributed by atoms with van der Waals surface area (Å²) in [6.45, 7) is 19.4. The Bertz CT molecular complexity index is 3380. The fourth-order valence-corrected chi connectivity index (χ4v) is 9.52. The molecular weight excluding hydrogens is 851 g/mol. The Kier molecular flexibility index (Phi) is 11.9. The smallest absolute Gasteiger partial charge is 0.410 e. The highest BCUT2D eigenvalue weighted by molar-refractivity contribution is 5.95. The molecule has 1 amide bonds. The Hall–Kier alpha value is -7.80. The maximum atomic E-state index is 12.4. The van der Waals surface area contributed by atoms with Crippen LogP contribution in [0.4, 0.5) is 16.2 Å². The second-order valence-corrected chi connectivity index (χ2v) is 19.2. The lowest BCUT2D eigenvalue weighted by molar-refractivity contribution is -0.383. The van der Waals surface area contributed by atoms with E-state index in [-0.39, 0.29) is 17.5 Å². The summed E-state index contributed by atoms with van der Waals surface area (Å²) in [5.41, 5.74) is 24.3. The summed E-state index contributed by atoms with van der Waals surface area (Å²) in [5, 5.41) is 13.5. The highest BCUT2D eigenvalue weighted by Gasteiger charge is 2.29. The minimum Gasteiger partial charge on any atom is -0.444 e. The third-order valence-electron chi connectivity index (χ3n) is 12.8. The number of imidazole rings is 1. The molecule has 0 unspecified atom stereocenters. The normalized spacial score (nSPS) is 13.3. The number of carbonyl (C=O) groups is 1. The summed E-state index contributed by atoms with van der Waals surface area (Å²) in [4.78, 5) is 49.6. The van der Waals surface area contributed by atoms with Gasteiger partial charge in [0.2, 0.25) is 0 Å². The lowest BCUT2D eigenvalue weighted by atomic mass is 9.96. The molecule has 0 radical (unpaired) electrons. The molecule has 0 spiro atoms. The van der Waals surface area contributed by atoms with Crippen molar-refractivity contribution in [1.29, 1.82) is 0 Å². The number of carbonyl (C=O) groups excluding carboxylic acids is 1. The molecule has 13 nitrogen and oxygen atoms in total. The summed E-state index contributed by atoms with van der Waals surface area (Å²) in [7, 11) is 0. The standard InChI is InChI=1S/C33H37N5O2.C22H20N4O2/c1-19-15-25(16-20(2)34-19)30-21(3)26-9-7-23(17-28(26)35-30)24-8-10-27-29(18-24)37-31(36-27)22-11-13-38(14-12-22)32(39)40-33(4,5)6;1-12-8-17(9-13(2)24-12)22-14(3)18-6-4-15(10-20(18)25-22)16-5-7-19(23)21(11-16)26(27)28/h7-10,15-18,22,35H,11-14H2,1-6H3,(H,36,37);4-11,25H,23H2,1-3H3. The number of rotatable bonds is 6. The average molecular weight is 908 g/mol.